The van der Waals surface area contributed by atoms with E-state index in [1.807, 2.05) is 0 Å². The number of fused-ring (bicyclic) bond motifs is 1. The van der Waals surface area contributed by atoms with Crippen molar-refractivity contribution in [2.45, 2.75) is 29.6 Å². The smallest absolute Gasteiger partial charge is 0.104 e. The van der Waals surface area contributed by atoms with Crippen LogP contribution < -0.4 is 5.73 Å². The number of nitrogens with two attached hydrogens (primary N) is 1. The largest absolute Gasteiger partial charge is 0.389 e. The minimum atomic E-state index is 0.102. The number of hydrogen-bond donors (Lipinski definition) is 1. The number of thiophene rings is 1. The Morgan fingerprint density at radius 2 is 2.36 bits per heavy atom. The van der Waals surface area contributed by atoms with Crippen LogP contribution in [-0.2, 0) is 9.84 Å². The van der Waals surface area contributed by atoms with E-state index in [0.717, 1.165) is 18.4 Å². The molecule has 0 bridgehead atoms. The number of rotatable bonds is 0. The summed E-state index contributed by atoms with van der Waals surface area (Å²) in [6, 6.07) is 2.24. The molecule has 2 nitrogen and oxygen atoms in total. The van der Waals surface area contributed by atoms with Gasteiger partial charge in [-0.25, -0.2) is 0 Å². The van der Waals surface area contributed by atoms with E-state index >= 15 is 0 Å². The summed E-state index contributed by atoms with van der Waals surface area (Å²) >= 11 is 4.04. The van der Waals surface area contributed by atoms with Gasteiger partial charge in [0.05, 0.1) is 5.56 Å². The Bertz CT molecular complexity index is 414. The molecule has 14 heavy (non-hydrogen) atoms. The first-order chi connectivity index (χ1) is 6.56. The summed E-state index contributed by atoms with van der Waals surface area (Å²) in [6.07, 6.45) is 3.44. The highest BCUT2D eigenvalue weighted by Gasteiger charge is 2.34. The predicted molar refractivity (Wildman–Crippen MR) is 67.8 cm³/mol. The molecular formula is C10H11IN2S. The molecule has 0 fully saturated rings. The van der Waals surface area contributed by atoms with Crippen LogP contribution in [0.15, 0.2) is 0 Å². The van der Waals surface area contributed by atoms with Crippen molar-refractivity contribution >= 4 is 38.9 Å². The van der Waals surface area contributed by atoms with E-state index in [2.05, 4.69) is 35.6 Å². The molecular weight excluding hydrogens is 307 g/mol. The minimum absolute atomic E-state index is 0.102. The summed E-state index contributed by atoms with van der Waals surface area (Å²) in [6.45, 7) is 2.19. The maximum absolute atomic E-state index is 9.07. The standard InChI is InChI=1S/C10H11IN2S/c1-10(11)4-2-3-7-8(10)6(5-12)9(13)14-7/h2-4,13H2,1H3/t10-/m1/s1. The molecule has 0 amide bonds. The van der Waals surface area contributed by atoms with E-state index < -0.39 is 0 Å². The molecule has 1 aromatic rings. The number of alkyl halides is 1. The fraction of sp³-hybridized carbons (Fsp3) is 0.500. The van der Waals surface area contributed by atoms with Gasteiger partial charge in [0.2, 0.25) is 0 Å². The molecule has 1 aromatic heterocycles. The van der Waals surface area contributed by atoms with Gasteiger partial charge in [-0.3, -0.25) is 0 Å². The van der Waals surface area contributed by atoms with Crippen LogP contribution in [0.25, 0.3) is 0 Å². The van der Waals surface area contributed by atoms with E-state index in [9.17, 15) is 0 Å². The number of halogens is 1. The van der Waals surface area contributed by atoms with Crippen molar-refractivity contribution in [2.75, 3.05) is 5.73 Å². The molecule has 0 radical (unpaired) electrons. The lowest BCUT2D eigenvalue weighted by molar-refractivity contribution is 0.575. The normalized spacial score (nSPS) is 25.5. The van der Waals surface area contributed by atoms with E-state index in [1.165, 1.54) is 16.9 Å². The van der Waals surface area contributed by atoms with Crippen molar-refractivity contribution in [2.24, 2.45) is 0 Å². The SMILES string of the molecule is C[C@@]1(I)CCCc2sc(N)c(C#N)c21. The summed E-state index contributed by atoms with van der Waals surface area (Å²) in [5.74, 6) is 0. The molecule has 0 spiro atoms. The van der Waals surface area contributed by atoms with Gasteiger partial charge in [-0.2, -0.15) is 5.26 Å². The van der Waals surface area contributed by atoms with Crippen LogP contribution in [0, 0.1) is 11.3 Å². The molecule has 74 valence electrons. The summed E-state index contributed by atoms with van der Waals surface area (Å²) in [5, 5.41) is 9.77. The van der Waals surface area contributed by atoms with Crippen molar-refractivity contribution in [3.8, 4) is 6.07 Å². The first-order valence-corrected chi connectivity index (χ1v) is 6.46. The molecule has 1 aliphatic rings. The molecule has 4 heteroatoms. The van der Waals surface area contributed by atoms with Crippen LogP contribution in [0.4, 0.5) is 5.00 Å². The van der Waals surface area contributed by atoms with Crippen LogP contribution in [-0.4, -0.2) is 0 Å². The second-order valence-electron chi connectivity index (χ2n) is 3.80. The summed E-state index contributed by atoms with van der Waals surface area (Å²) in [4.78, 5) is 1.32. The number of nitriles is 1. The van der Waals surface area contributed by atoms with Crippen LogP contribution in [0.5, 0.6) is 0 Å². The van der Waals surface area contributed by atoms with Gasteiger partial charge in [0.25, 0.3) is 0 Å². The summed E-state index contributed by atoms with van der Waals surface area (Å²) in [7, 11) is 0. The van der Waals surface area contributed by atoms with Crippen molar-refractivity contribution in [1.82, 2.24) is 0 Å². The second kappa shape index (κ2) is 3.38. The van der Waals surface area contributed by atoms with Gasteiger partial charge in [-0.05, 0) is 26.2 Å². The van der Waals surface area contributed by atoms with E-state index in [1.54, 1.807) is 11.3 Å². The fourth-order valence-corrected chi connectivity index (χ4v) is 4.39. The van der Waals surface area contributed by atoms with Crippen molar-refractivity contribution < 1.29 is 0 Å². The van der Waals surface area contributed by atoms with Crippen LogP contribution in [0.2, 0.25) is 0 Å². The predicted octanol–water partition coefficient (Wildman–Crippen LogP) is 3.19. The average Bonchev–Trinajstić information content (AvgIpc) is 2.41. The lowest BCUT2D eigenvalue weighted by Gasteiger charge is -2.28. The lowest BCUT2D eigenvalue weighted by Crippen LogP contribution is -2.19. The number of hydrogen-bond acceptors (Lipinski definition) is 3. The monoisotopic (exact) mass is 318 g/mol. The number of aryl methyl sites for hydroxylation is 1. The first kappa shape index (κ1) is 10.2. The number of nitrogen functional groups attached to an aromatic ring is 1. The Morgan fingerprint density at radius 1 is 1.64 bits per heavy atom. The number of anilines is 1. The molecule has 0 aliphatic heterocycles. The first-order valence-electron chi connectivity index (χ1n) is 4.57. The Kier molecular flexibility index (Phi) is 2.48. The van der Waals surface area contributed by atoms with Gasteiger partial charge in [0.15, 0.2) is 0 Å². The van der Waals surface area contributed by atoms with Crippen LogP contribution >= 0.6 is 33.9 Å². The third kappa shape index (κ3) is 1.43. The molecule has 0 saturated heterocycles. The van der Waals surface area contributed by atoms with Gasteiger partial charge >= 0.3 is 0 Å². The zero-order valence-corrected chi connectivity index (χ0v) is 10.9. The molecule has 2 N–H and O–H groups in total. The molecule has 1 atom stereocenters. The van der Waals surface area contributed by atoms with Gasteiger partial charge < -0.3 is 5.73 Å². The quantitative estimate of drug-likeness (QED) is 0.590. The van der Waals surface area contributed by atoms with Crippen LogP contribution in [0.1, 0.15) is 35.8 Å². The van der Waals surface area contributed by atoms with Crippen molar-refractivity contribution in [3.63, 3.8) is 0 Å². The summed E-state index contributed by atoms with van der Waals surface area (Å²) < 4.78 is 0.102. The Balaban J connectivity index is 2.67. The molecule has 2 rings (SSSR count). The molecule has 0 unspecified atom stereocenters. The Hall–Kier alpha value is -0.280. The zero-order valence-electron chi connectivity index (χ0n) is 7.93. The van der Waals surface area contributed by atoms with E-state index in [4.69, 9.17) is 11.0 Å². The fourth-order valence-electron chi connectivity index (χ4n) is 2.04. The van der Waals surface area contributed by atoms with Crippen molar-refractivity contribution in [1.29, 1.82) is 5.26 Å². The molecule has 1 heterocycles. The highest BCUT2D eigenvalue weighted by atomic mass is 127. The van der Waals surface area contributed by atoms with Crippen LogP contribution in [0.3, 0.4) is 0 Å². The average molecular weight is 318 g/mol. The maximum Gasteiger partial charge on any atom is 0.104 e. The molecule has 1 aliphatic carbocycles. The number of nitrogens with zero attached hydrogens (tertiary/aromatic N) is 1. The Morgan fingerprint density at radius 3 is 3.00 bits per heavy atom. The van der Waals surface area contributed by atoms with Gasteiger partial charge in [0, 0.05) is 13.9 Å². The summed E-state index contributed by atoms with van der Waals surface area (Å²) in [5.41, 5.74) is 7.77. The highest BCUT2D eigenvalue weighted by Crippen LogP contribution is 2.48. The van der Waals surface area contributed by atoms with Gasteiger partial charge in [-0.1, -0.05) is 22.6 Å². The third-order valence-electron chi connectivity index (χ3n) is 2.69. The molecule has 0 saturated carbocycles. The third-order valence-corrected chi connectivity index (χ3v) is 4.85. The molecule has 0 aromatic carbocycles. The Labute approximate surface area is 101 Å². The topological polar surface area (TPSA) is 49.8 Å². The van der Waals surface area contributed by atoms with Crippen molar-refractivity contribution in [3.05, 3.63) is 16.0 Å². The lowest BCUT2D eigenvalue weighted by atomic mass is 9.86. The highest BCUT2D eigenvalue weighted by molar-refractivity contribution is 14.1. The zero-order chi connectivity index (χ0) is 10.3. The van der Waals surface area contributed by atoms with E-state index in [0.29, 0.717) is 5.00 Å². The maximum atomic E-state index is 9.07. The van der Waals surface area contributed by atoms with Gasteiger partial charge in [0.1, 0.15) is 11.1 Å². The minimum Gasteiger partial charge on any atom is -0.389 e. The van der Waals surface area contributed by atoms with E-state index in [-0.39, 0.29) is 3.42 Å². The van der Waals surface area contributed by atoms with Gasteiger partial charge in [-0.15, -0.1) is 11.3 Å². The second-order valence-corrected chi connectivity index (χ2v) is 7.32.